The number of nitrogens with one attached hydrogen (secondary N) is 2. The van der Waals surface area contributed by atoms with Gasteiger partial charge in [0.05, 0.1) is 18.4 Å². The second-order valence-corrected chi connectivity index (χ2v) is 6.24. The van der Waals surface area contributed by atoms with Crippen LogP contribution in [-0.4, -0.2) is 23.9 Å². The minimum absolute atomic E-state index is 0.0475. The maximum Gasteiger partial charge on any atom is 0.293 e. The summed E-state index contributed by atoms with van der Waals surface area (Å²) in [6.45, 7) is 0. The molecular weight excluding hydrogens is 389 g/mol. The van der Waals surface area contributed by atoms with Crippen LogP contribution in [-0.2, 0) is 0 Å². The standard InChI is InChI=1S/C22H16FN3O4/c1-29-16-10-5-4-9-15(16)25-22(28)20-19(18-17(30-20)11-6-12-24-18)26-21(27)13-7-2-3-8-14(13)23/h2-12H,1H3,(H,25,28)(H,26,27). The fourth-order valence-corrected chi connectivity index (χ4v) is 2.96. The summed E-state index contributed by atoms with van der Waals surface area (Å²) in [5.74, 6) is -1.75. The number of aromatic nitrogens is 1. The quantitative estimate of drug-likeness (QED) is 0.511. The third-order valence-electron chi connectivity index (χ3n) is 4.36. The zero-order valence-electron chi connectivity index (χ0n) is 15.8. The van der Waals surface area contributed by atoms with Gasteiger partial charge in [-0.3, -0.25) is 14.6 Å². The van der Waals surface area contributed by atoms with Gasteiger partial charge in [-0.2, -0.15) is 0 Å². The number of amides is 2. The number of hydrogen-bond acceptors (Lipinski definition) is 5. The number of pyridine rings is 1. The molecule has 2 aromatic carbocycles. The summed E-state index contributed by atoms with van der Waals surface area (Å²) in [4.78, 5) is 29.8. The Labute approximate surface area is 170 Å². The molecule has 0 atom stereocenters. The van der Waals surface area contributed by atoms with Gasteiger partial charge in [0.25, 0.3) is 11.8 Å². The number of fused-ring (bicyclic) bond motifs is 1. The molecule has 8 heteroatoms. The van der Waals surface area contributed by atoms with Crippen molar-refractivity contribution in [3.63, 3.8) is 0 Å². The number of methoxy groups -OCH3 is 1. The Kier molecular flexibility index (Phi) is 5.13. The van der Waals surface area contributed by atoms with Gasteiger partial charge >= 0.3 is 0 Å². The molecule has 30 heavy (non-hydrogen) atoms. The molecule has 0 spiro atoms. The lowest BCUT2D eigenvalue weighted by molar-refractivity contribution is 0.0999. The largest absolute Gasteiger partial charge is 0.495 e. The number of hydrogen-bond donors (Lipinski definition) is 2. The summed E-state index contributed by atoms with van der Waals surface area (Å²) in [6, 6.07) is 15.6. The molecular formula is C22H16FN3O4. The number of rotatable bonds is 5. The Bertz CT molecular complexity index is 1250. The van der Waals surface area contributed by atoms with Crippen LogP contribution < -0.4 is 15.4 Å². The number of furan rings is 1. The first-order chi connectivity index (χ1) is 14.6. The van der Waals surface area contributed by atoms with Crippen LogP contribution in [0.15, 0.2) is 71.3 Å². The number of carbonyl (C=O) groups excluding carboxylic acids is 2. The Hall–Kier alpha value is -4.20. The molecule has 4 rings (SSSR count). The predicted molar refractivity (Wildman–Crippen MR) is 109 cm³/mol. The van der Waals surface area contributed by atoms with Gasteiger partial charge in [0, 0.05) is 6.20 Å². The van der Waals surface area contributed by atoms with Crippen molar-refractivity contribution in [1.29, 1.82) is 0 Å². The topological polar surface area (TPSA) is 93.5 Å². The van der Waals surface area contributed by atoms with Gasteiger partial charge in [-0.15, -0.1) is 0 Å². The van der Waals surface area contributed by atoms with Crippen LogP contribution in [0.25, 0.3) is 11.1 Å². The highest BCUT2D eigenvalue weighted by Crippen LogP contribution is 2.31. The molecule has 0 aliphatic rings. The molecule has 0 fully saturated rings. The van der Waals surface area contributed by atoms with Gasteiger partial charge < -0.3 is 19.8 Å². The molecule has 4 aromatic rings. The summed E-state index contributed by atoms with van der Waals surface area (Å²) in [5.41, 5.74) is 0.869. The molecule has 2 N–H and O–H groups in total. The van der Waals surface area contributed by atoms with Crippen LogP contribution in [0.5, 0.6) is 5.75 Å². The second kappa shape index (κ2) is 8.04. The highest BCUT2D eigenvalue weighted by molar-refractivity contribution is 6.16. The van der Waals surface area contributed by atoms with Crippen LogP contribution in [0.2, 0.25) is 0 Å². The molecule has 2 amide bonds. The average molecular weight is 405 g/mol. The minimum atomic E-state index is -0.729. The van der Waals surface area contributed by atoms with Crippen molar-refractivity contribution >= 4 is 34.3 Å². The van der Waals surface area contributed by atoms with Crippen LogP contribution >= 0.6 is 0 Å². The molecule has 0 radical (unpaired) electrons. The van der Waals surface area contributed by atoms with E-state index in [1.54, 1.807) is 42.5 Å². The third-order valence-corrected chi connectivity index (χ3v) is 4.36. The van der Waals surface area contributed by atoms with Crippen molar-refractivity contribution < 1.29 is 23.1 Å². The Balaban J connectivity index is 1.72. The molecule has 0 aliphatic carbocycles. The van der Waals surface area contributed by atoms with E-state index in [9.17, 15) is 14.0 Å². The van der Waals surface area contributed by atoms with Crippen LogP contribution in [0, 0.1) is 5.82 Å². The van der Waals surface area contributed by atoms with E-state index in [0.29, 0.717) is 17.0 Å². The maximum atomic E-state index is 14.0. The van der Waals surface area contributed by atoms with E-state index in [0.717, 1.165) is 0 Å². The first-order valence-corrected chi connectivity index (χ1v) is 8.96. The minimum Gasteiger partial charge on any atom is -0.495 e. The first kappa shape index (κ1) is 19.1. The van der Waals surface area contributed by atoms with Gasteiger partial charge in [0.2, 0.25) is 5.76 Å². The van der Waals surface area contributed by atoms with Crippen molar-refractivity contribution in [2.45, 2.75) is 0 Å². The molecule has 0 aliphatic heterocycles. The number of anilines is 2. The first-order valence-electron chi connectivity index (χ1n) is 8.96. The van der Waals surface area contributed by atoms with E-state index < -0.39 is 17.6 Å². The zero-order chi connectivity index (χ0) is 21.1. The van der Waals surface area contributed by atoms with Gasteiger partial charge in [-0.25, -0.2) is 4.39 Å². The van der Waals surface area contributed by atoms with Gasteiger partial charge in [0.15, 0.2) is 5.58 Å². The number of carbonyl (C=O) groups is 2. The average Bonchev–Trinajstić information content (AvgIpc) is 3.13. The highest BCUT2D eigenvalue weighted by Gasteiger charge is 2.25. The van der Waals surface area contributed by atoms with E-state index in [-0.39, 0.29) is 22.5 Å². The van der Waals surface area contributed by atoms with Gasteiger partial charge in [-0.05, 0) is 36.4 Å². The van der Waals surface area contributed by atoms with Crippen molar-refractivity contribution in [3.05, 3.63) is 84.0 Å². The summed E-state index contributed by atoms with van der Waals surface area (Å²) in [6.07, 6.45) is 1.50. The molecule has 2 heterocycles. The van der Waals surface area contributed by atoms with E-state index in [1.165, 1.54) is 31.5 Å². The number of benzene rings is 2. The second-order valence-electron chi connectivity index (χ2n) is 6.24. The molecule has 2 aromatic heterocycles. The molecule has 150 valence electrons. The van der Waals surface area contributed by atoms with E-state index in [4.69, 9.17) is 9.15 Å². The van der Waals surface area contributed by atoms with Gasteiger partial charge in [0.1, 0.15) is 22.8 Å². The fourth-order valence-electron chi connectivity index (χ4n) is 2.96. The molecule has 0 saturated carbocycles. The zero-order valence-corrected chi connectivity index (χ0v) is 15.8. The normalized spacial score (nSPS) is 10.6. The number of ether oxygens (including phenoxy) is 1. The third kappa shape index (κ3) is 3.58. The molecule has 0 saturated heterocycles. The summed E-state index contributed by atoms with van der Waals surface area (Å²) < 4.78 is 24.9. The lowest BCUT2D eigenvalue weighted by Gasteiger charge is -2.10. The van der Waals surface area contributed by atoms with Gasteiger partial charge in [-0.1, -0.05) is 24.3 Å². The van der Waals surface area contributed by atoms with Crippen LogP contribution in [0.1, 0.15) is 20.9 Å². The van der Waals surface area contributed by atoms with E-state index in [2.05, 4.69) is 15.6 Å². The molecule has 0 bridgehead atoms. The Morgan fingerprint density at radius 1 is 0.967 bits per heavy atom. The predicted octanol–water partition coefficient (Wildman–Crippen LogP) is 4.48. The summed E-state index contributed by atoms with van der Waals surface area (Å²) in [7, 11) is 1.48. The maximum absolute atomic E-state index is 14.0. The molecule has 0 unspecified atom stereocenters. The van der Waals surface area contributed by atoms with Crippen LogP contribution in [0.3, 0.4) is 0 Å². The number of halogens is 1. The van der Waals surface area contributed by atoms with Crippen molar-refractivity contribution in [2.24, 2.45) is 0 Å². The SMILES string of the molecule is COc1ccccc1NC(=O)c1oc2cccnc2c1NC(=O)c1ccccc1F. The van der Waals surface area contributed by atoms with Crippen molar-refractivity contribution in [1.82, 2.24) is 4.98 Å². The lowest BCUT2D eigenvalue weighted by atomic mass is 10.2. The van der Waals surface area contributed by atoms with Crippen molar-refractivity contribution in [2.75, 3.05) is 17.7 Å². The highest BCUT2D eigenvalue weighted by atomic mass is 19.1. The van der Waals surface area contributed by atoms with E-state index >= 15 is 0 Å². The Morgan fingerprint density at radius 3 is 2.53 bits per heavy atom. The van der Waals surface area contributed by atoms with E-state index in [1.807, 2.05) is 0 Å². The number of para-hydroxylation sites is 2. The fraction of sp³-hybridized carbons (Fsp3) is 0.0455. The smallest absolute Gasteiger partial charge is 0.293 e. The monoisotopic (exact) mass is 405 g/mol. The Morgan fingerprint density at radius 2 is 1.73 bits per heavy atom. The van der Waals surface area contributed by atoms with Crippen LogP contribution in [0.4, 0.5) is 15.8 Å². The van der Waals surface area contributed by atoms with Crippen molar-refractivity contribution in [3.8, 4) is 5.75 Å². The molecule has 7 nitrogen and oxygen atoms in total. The lowest BCUT2D eigenvalue weighted by Crippen LogP contribution is -2.18. The number of nitrogens with zero attached hydrogens (tertiary/aromatic N) is 1. The summed E-state index contributed by atoms with van der Waals surface area (Å²) >= 11 is 0. The summed E-state index contributed by atoms with van der Waals surface area (Å²) in [5, 5.41) is 5.25.